The second-order valence-corrected chi connectivity index (χ2v) is 4.89. The molecule has 0 unspecified atom stereocenters. The number of hydrogen-bond acceptors (Lipinski definition) is 3. The standard InChI is InChI=1S/C13H19FN2OS/c1-9(2)16(5-6-17)8-10-7-11(14)3-4-12(10)13(15)18/h3-4,7,9,17H,5-6,8H2,1-2H3,(H2,15,18). The van der Waals surface area contributed by atoms with Gasteiger partial charge in [-0.05, 0) is 37.6 Å². The average molecular weight is 270 g/mol. The van der Waals surface area contributed by atoms with Crippen LogP contribution in [0.3, 0.4) is 0 Å². The lowest BCUT2D eigenvalue weighted by atomic mass is 10.1. The van der Waals surface area contributed by atoms with E-state index in [0.29, 0.717) is 18.7 Å². The van der Waals surface area contributed by atoms with Gasteiger partial charge in [0.15, 0.2) is 0 Å². The fourth-order valence-electron chi connectivity index (χ4n) is 1.80. The largest absolute Gasteiger partial charge is 0.395 e. The number of thiocarbonyl (C=S) groups is 1. The molecule has 3 nitrogen and oxygen atoms in total. The van der Waals surface area contributed by atoms with Crippen molar-refractivity contribution in [1.29, 1.82) is 0 Å². The summed E-state index contributed by atoms with van der Waals surface area (Å²) in [6, 6.07) is 4.65. The molecule has 0 amide bonds. The first-order chi connectivity index (χ1) is 8.45. The van der Waals surface area contributed by atoms with E-state index >= 15 is 0 Å². The van der Waals surface area contributed by atoms with Crippen LogP contribution in [0, 0.1) is 5.82 Å². The zero-order valence-corrected chi connectivity index (χ0v) is 11.5. The van der Waals surface area contributed by atoms with Gasteiger partial charge in [0.05, 0.1) is 6.61 Å². The van der Waals surface area contributed by atoms with Crippen LogP contribution in [0.4, 0.5) is 4.39 Å². The summed E-state index contributed by atoms with van der Waals surface area (Å²) in [6.45, 7) is 5.16. The zero-order chi connectivity index (χ0) is 13.7. The Balaban J connectivity index is 3.00. The van der Waals surface area contributed by atoms with E-state index in [2.05, 4.69) is 0 Å². The summed E-state index contributed by atoms with van der Waals surface area (Å²) < 4.78 is 13.3. The molecule has 0 heterocycles. The quantitative estimate of drug-likeness (QED) is 0.772. The summed E-state index contributed by atoms with van der Waals surface area (Å²) in [7, 11) is 0. The number of rotatable bonds is 6. The maximum absolute atomic E-state index is 13.3. The molecular formula is C13H19FN2OS. The fourth-order valence-corrected chi connectivity index (χ4v) is 2.00. The fraction of sp³-hybridized carbons (Fsp3) is 0.462. The number of halogens is 1. The van der Waals surface area contributed by atoms with Crippen LogP contribution in [0.1, 0.15) is 25.0 Å². The van der Waals surface area contributed by atoms with Gasteiger partial charge in [-0.15, -0.1) is 0 Å². The third kappa shape index (κ3) is 4.01. The van der Waals surface area contributed by atoms with Gasteiger partial charge in [-0.25, -0.2) is 4.39 Å². The summed E-state index contributed by atoms with van der Waals surface area (Å²) in [5.74, 6) is -0.308. The molecule has 0 aromatic heterocycles. The van der Waals surface area contributed by atoms with Gasteiger partial charge in [0.2, 0.25) is 0 Å². The van der Waals surface area contributed by atoms with Crippen molar-refractivity contribution < 1.29 is 9.50 Å². The van der Waals surface area contributed by atoms with Crippen LogP contribution < -0.4 is 5.73 Å². The summed E-state index contributed by atoms with van der Waals surface area (Å²) in [6.07, 6.45) is 0. The third-order valence-electron chi connectivity index (χ3n) is 2.82. The second kappa shape index (κ2) is 6.78. The Labute approximate surface area is 112 Å². The normalized spacial score (nSPS) is 11.2. The summed E-state index contributed by atoms with van der Waals surface area (Å²) in [5.41, 5.74) is 7.08. The van der Waals surface area contributed by atoms with Crippen LogP contribution in [-0.4, -0.2) is 34.2 Å². The van der Waals surface area contributed by atoms with Crippen LogP contribution >= 0.6 is 12.2 Å². The highest BCUT2D eigenvalue weighted by Gasteiger charge is 2.13. The van der Waals surface area contributed by atoms with Crippen LogP contribution in [0.5, 0.6) is 0 Å². The van der Waals surface area contributed by atoms with Crippen molar-refractivity contribution in [1.82, 2.24) is 4.90 Å². The number of benzene rings is 1. The SMILES string of the molecule is CC(C)N(CCO)Cc1cc(F)ccc1C(N)=S. The average Bonchev–Trinajstić information content (AvgIpc) is 2.28. The molecule has 0 aliphatic rings. The number of aliphatic hydroxyl groups is 1. The first-order valence-electron chi connectivity index (χ1n) is 5.88. The van der Waals surface area contributed by atoms with E-state index in [9.17, 15) is 4.39 Å². The molecule has 0 saturated carbocycles. The highest BCUT2D eigenvalue weighted by atomic mass is 32.1. The molecule has 1 aromatic rings. The Morgan fingerprint density at radius 1 is 1.50 bits per heavy atom. The van der Waals surface area contributed by atoms with Crippen molar-refractivity contribution in [2.75, 3.05) is 13.2 Å². The van der Waals surface area contributed by atoms with E-state index in [1.807, 2.05) is 18.7 Å². The monoisotopic (exact) mass is 270 g/mol. The first kappa shape index (κ1) is 15.0. The molecule has 0 radical (unpaired) electrons. The molecule has 1 rings (SSSR count). The molecule has 0 saturated heterocycles. The second-order valence-electron chi connectivity index (χ2n) is 4.45. The molecular weight excluding hydrogens is 251 g/mol. The highest BCUT2D eigenvalue weighted by molar-refractivity contribution is 7.80. The van der Waals surface area contributed by atoms with Gasteiger partial charge >= 0.3 is 0 Å². The molecule has 0 aliphatic carbocycles. The van der Waals surface area contributed by atoms with Crippen molar-refractivity contribution in [2.24, 2.45) is 5.73 Å². The van der Waals surface area contributed by atoms with Crippen molar-refractivity contribution in [3.63, 3.8) is 0 Å². The smallest absolute Gasteiger partial charge is 0.123 e. The van der Waals surface area contributed by atoms with E-state index in [1.54, 1.807) is 6.07 Å². The van der Waals surface area contributed by atoms with Crippen molar-refractivity contribution in [2.45, 2.75) is 26.4 Å². The number of nitrogens with zero attached hydrogens (tertiary/aromatic N) is 1. The molecule has 3 N–H and O–H groups in total. The van der Waals surface area contributed by atoms with Gasteiger partial charge in [-0.3, -0.25) is 4.90 Å². The zero-order valence-electron chi connectivity index (χ0n) is 10.7. The molecule has 0 aliphatic heterocycles. The maximum Gasteiger partial charge on any atom is 0.123 e. The van der Waals surface area contributed by atoms with Gasteiger partial charge in [-0.1, -0.05) is 12.2 Å². The Morgan fingerprint density at radius 2 is 2.17 bits per heavy atom. The molecule has 0 atom stereocenters. The lowest BCUT2D eigenvalue weighted by Crippen LogP contribution is -2.33. The Bertz CT molecular complexity index is 423. The van der Waals surface area contributed by atoms with Gasteiger partial charge in [0.25, 0.3) is 0 Å². The molecule has 0 fully saturated rings. The van der Waals surface area contributed by atoms with Crippen LogP contribution in [0.2, 0.25) is 0 Å². The molecule has 100 valence electrons. The first-order valence-corrected chi connectivity index (χ1v) is 6.29. The van der Waals surface area contributed by atoms with Crippen molar-refractivity contribution in [3.8, 4) is 0 Å². The molecule has 5 heteroatoms. The van der Waals surface area contributed by atoms with Crippen molar-refractivity contribution in [3.05, 3.63) is 35.1 Å². The topological polar surface area (TPSA) is 49.5 Å². The van der Waals surface area contributed by atoms with Crippen molar-refractivity contribution >= 4 is 17.2 Å². The number of aliphatic hydroxyl groups excluding tert-OH is 1. The Kier molecular flexibility index (Phi) is 5.65. The van der Waals surface area contributed by atoms with E-state index in [0.717, 1.165) is 5.56 Å². The highest BCUT2D eigenvalue weighted by Crippen LogP contribution is 2.15. The van der Waals surface area contributed by atoms with Gasteiger partial charge in [-0.2, -0.15) is 0 Å². The lowest BCUT2D eigenvalue weighted by molar-refractivity contribution is 0.159. The minimum atomic E-state index is -0.308. The minimum Gasteiger partial charge on any atom is -0.395 e. The predicted octanol–water partition coefficient (Wildman–Crippen LogP) is 1.66. The predicted molar refractivity (Wildman–Crippen MR) is 74.9 cm³/mol. The van der Waals surface area contributed by atoms with E-state index < -0.39 is 0 Å². The van der Waals surface area contributed by atoms with Crippen LogP contribution in [-0.2, 0) is 6.54 Å². The number of nitrogens with two attached hydrogens (primary N) is 1. The van der Waals surface area contributed by atoms with E-state index in [1.165, 1.54) is 12.1 Å². The van der Waals surface area contributed by atoms with Crippen LogP contribution in [0.15, 0.2) is 18.2 Å². The summed E-state index contributed by atoms with van der Waals surface area (Å²) in [5, 5.41) is 9.03. The van der Waals surface area contributed by atoms with E-state index in [4.69, 9.17) is 23.1 Å². The van der Waals surface area contributed by atoms with Gasteiger partial charge in [0.1, 0.15) is 10.8 Å². The Morgan fingerprint density at radius 3 is 2.67 bits per heavy atom. The van der Waals surface area contributed by atoms with Gasteiger partial charge in [0, 0.05) is 24.7 Å². The molecule has 0 spiro atoms. The molecule has 0 bridgehead atoms. The summed E-state index contributed by atoms with van der Waals surface area (Å²) in [4.78, 5) is 2.30. The lowest BCUT2D eigenvalue weighted by Gasteiger charge is -2.26. The molecule has 18 heavy (non-hydrogen) atoms. The number of hydrogen-bond donors (Lipinski definition) is 2. The van der Waals surface area contributed by atoms with Crippen LogP contribution in [0.25, 0.3) is 0 Å². The molecule has 1 aromatic carbocycles. The summed E-state index contributed by atoms with van der Waals surface area (Å²) >= 11 is 4.96. The Hall–Kier alpha value is -1.04. The van der Waals surface area contributed by atoms with E-state index in [-0.39, 0.29) is 23.5 Å². The third-order valence-corrected chi connectivity index (χ3v) is 3.04. The maximum atomic E-state index is 13.3. The van der Waals surface area contributed by atoms with Gasteiger partial charge < -0.3 is 10.8 Å². The minimum absolute atomic E-state index is 0.0654.